The van der Waals surface area contributed by atoms with Crippen LogP contribution in [0.1, 0.15) is 11.1 Å². The van der Waals surface area contributed by atoms with Crippen molar-refractivity contribution in [2.24, 2.45) is 0 Å². The Morgan fingerprint density at radius 3 is 2.41 bits per heavy atom. The monoisotopic (exact) mass is 287 g/mol. The van der Waals surface area contributed by atoms with Gasteiger partial charge in [-0.15, -0.1) is 0 Å². The molecule has 2 aromatic carbocycles. The third-order valence-corrected chi connectivity index (χ3v) is 2.71. The average Bonchev–Trinajstić information content (AvgIpc) is 2.31. The van der Waals surface area contributed by atoms with Crippen molar-refractivity contribution in [1.82, 2.24) is 0 Å². The van der Waals surface area contributed by atoms with E-state index in [0.717, 1.165) is 10.2 Å². The van der Waals surface area contributed by atoms with E-state index in [1.807, 2.05) is 37.3 Å². The van der Waals surface area contributed by atoms with Crippen LogP contribution in [-0.2, 0) is 0 Å². The second kappa shape index (κ2) is 5.03. The van der Waals surface area contributed by atoms with Crippen molar-refractivity contribution in [2.75, 3.05) is 0 Å². The lowest BCUT2D eigenvalue weighted by Crippen LogP contribution is -1.86. The maximum absolute atomic E-state index is 8.86. The first-order valence-corrected chi connectivity index (χ1v) is 5.92. The zero-order chi connectivity index (χ0) is 12.3. The first kappa shape index (κ1) is 11.7. The standard InChI is InChI=1S/C14H10BrNO/c1-10-2-4-13(5-3-10)17-14-7-11(9-16)6-12(15)8-14/h2-8H,1H3. The summed E-state index contributed by atoms with van der Waals surface area (Å²) in [7, 11) is 0. The van der Waals surface area contributed by atoms with E-state index in [0.29, 0.717) is 11.3 Å². The van der Waals surface area contributed by atoms with Crippen molar-refractivity contribution in [3.8, 4) is 17.6 Å². The van der Waals surface area contributed by atoms with Crippen LogP contribution in [0.15, 0.2) is 46.9 Å². The van der Waals surface area contributed by atoms with E-state index in [-0.39, 0.29) is 0 Å². The van der Waals surface area contributed by atoms with Gasteiger partial charge in [0.2, 0.25) is 0 Å². The lowest BCUT2D eigenvalue weighted by Gasteiger charge is -2.06. The van der Waals surface area contributed by atoms with Gasteiger partial charge in [-0.05, 0) is 37.3 Å². The fourth-order valence-electron chi connectivity index (χ4n) is 1.43. The van der Waals surface area contributed by atoms with Gasteiger partial charge in [0, 0.05) is 4.47 Å². The van der Waals surface area contributed by atoms with Gasteiger partial charge >= 0.3 is 0 Å². The summed E-state index contributed by atoms with van der Waals surface area (Å²) in [4.78, 5) is 0. The normalized spacial score (nSPS) is 9.71. The van der Waals surface area contributed by atoms with Crippen molar-refractivity contribution < 1.29 is 4.74 Å². The van der Waals surface area contributed by atoms with E-state index in [4.69, 9.17) is 10.00 Å². The smallest absolute Gasteiger partial charge is 0.129 e. The molecule has 0 bridgehead atoms. The Kier molecular flexibility index (Phi) is 3.46. The minimum absolute atomic E-state index is 0.571. The molecule has 0 unspecified atom stereocenters. The summed E-state index contributed by atoms with van der Waals surface area (Å²) < 4.78 is 6.51. The molecule has 0 saturated carbocycles. The zero-order valence-electron chi connectivity index (χ0n) is 9.27. The van der Waals surface area contributed by atoms with E-state index in [1.165, 1.54) is 5.56 Å². The second-order valence-electron chi connectivity index (χ2n) is 3.70. The van der Waals surface area contributed by atoms with Gasteiger partial charge in [0.05, 0.1) is 11.6 Å². The fraction of sp³-hybridized carbons (Fsp3) is 0.0714. The van der Waals surface area contributed by atoms with Crippen LogP contribution in [0.3, 0.4) is 0 Å². The predicted molar refractivity (Wildman–Crippen MR) is 70.1 cm³/mol. The molecule has 84 valence electrons. The SMILES string of the molecule is Cc1ccc(Oc2cc(Br)cc(C#N)c2)cc1. The Morgan fingerprint density at radius 1 is 1.06 bits per heavy atom. The van der Waals surface area contributed by atoms with Crippen molar-refractivity contribution >= 4 is 15.9 Å². The third kappa shape index (κ3) is 3.08. The maximum Gasteiger partial charge on any atom is 0.129 e. The van der Waals surface area contributed by atoms with Crippen LogP contribution in [0.4, 0.5) is 0 Å². The Morgan fingerprint density at radius 2 is 1.76 bits per heavy atom. The molecule has 0 atom stereocenters. The van der Waals surface area contributed by atoms with Crippen molar-refractivity contribution in [3.05, 3.63) is 58.1 Å². The van der Waals surface area contributed by atoms with Gasteiger partial charge in [-0.1, -0.05) is 33.6 Å². The van der Waals surface area contributed by atoms with Crippen LogP contribution in [-0.4, -0.2) is 0 Å². The van der Waals surface area contributed by atoms with Gasteiger partial charge in [-0.25, -0.2) is 0 Å². The number of benzene rings is 2. The molecule has 0 fully saturated rings. The Bertz CT molecular complexity index is 570. The summed E-state index contributed by atoms with van der Waals surface area (Å²) in [5.74, 6) is 1.41. The number of nitrogens with zero attached hydrogens (tertiary/aromatic N) is 1. The molecule has 0 heterocycles. The molecule has 0 saturated heterocycles. The van der Waals surface area contributed by atoms with Gasteiger partial charge in [0.15, 0.2) is 0 Å². The van der Waals surface area contributed by atoms with Crippen LogP contribution in [0.2, 0.25) is 0 Å². The molecule has 0 aliphatic rings. The molecule has 0 spiro atoms. The van der Waals surface area contributed by atoms with E-state index in [2.05, 4.69) is 22.0 Å². The molecular weight excluding hydrogens is 278 g/mol. The average molecular weight is 288 g/mol. The van der Waals surface area contributed by atoms with Crippen LogP contribution < -0.4 is 4.74 Å². The summed E-state index contributed by atoms with van der Waals surface area (Å²) in [5, 5.41) is 8.86. The molecular formula is C14H10BrNO. The van der Waals surface area contributed by atoms with Crippen LogP contribution in [0.25, 0.3) is 0 Å². The lowest BCUT2D eigenvalue weighted by atomic mass is 10.2. The number of rotatable bonds is 2. The first-order chi connectivity index (χ1) is 8.17. The van der Waals surface area contributed by atoms with Crippen LogP contribution in [0.5, 0.6) is 11.5 Å². The highest BCUT2D eigenvalue weighted by Crippen LogP contribution is 2.26. The predicted octanol–water partition coefficient (Wildman–Crippen LogP) is 4.42. The fourth-order valence-corrected chi connectivity index (χ4v) is 1.90. The van der Waals surface area contributed by atoms with E-state index < -0.39 is 0 Å². The minimum Gasteiger partial charge on any atom is -0.457 e. The van der Waals surface area contributed by atoms with Gasteiger partial charge < -0.3 is 4.74 Å². The quantitative estimate of drug-likeness (QED) is 0.819. The third-order valence-electron chi connectivity index (χ3n) is 2.26. The minimum atomic E-state index is 0.571. The molecule has 0 radical (unpaired) electrons. The summed E-state index contributed by atoms with van der Waals surface area (Å²) in [6, 6.07) is 15.2. The molecule has 2 aromatic rings. The number of aryl methyl sites for hydroxylation is 1. The summed E-state index contributed by atoms with van der Waals surface area (Å²) in [6.45, 7) is 2.02. The van der Waals surface area contributed by atoms with Crippen molar-refractivity contribution in [1.29, 1.82) is 5.26 Å². The summed E-state index contributed by atoms with van der Waals surface area (Å²) >= 11 is 3.35. The molecule has 0 aliphatic heterocycles. The number of halogens is 1. The number of hydrogen-bond acceptors (Lipinski definition) is 2. The molecule has 2 nitrogen and oxygen atoms in total. The van der Waals surface area contributed by atoms with Crippen molar-refractivity contribution in [2.45, 2.75) is 6.92 Å². The molecule has 17 heavy (non-hydrogen) atoms. The maximum atomic E-state index is 8.86. The summed E-state index contributed by atoms with van der Waals surface area (Å²) in [5.41, 5.74) is 1.76. The molecule has 0 N–H and O–H groups in total. The number of nitriles is 1. The van der Waals surface area contributed by atoms with E-state index in [9.17, 15) is 0 Å². The lowest BCUT2D eigenvalue weighted by molar-refractivity contribution is 0.482. The first-order valence-electron chi connectivity index (χ1n) is 5.12. The van der Waals surface area contributed by atoms with Gasteiger partial charge in [-0.2, -0.15) is 5.26 Å². The Labute approximate surface area is 109 Å². The molecule has 0 aliphatic carbocycles. The highest BCUT2D eigenvalue weighted by molar-refractivity contribution is 9.10. The number of hydrogen-bond donors (Lipinski definition) is 0. The molecule has 2 rings (SSSR count). The molecule has 3 heteroatoms. The van der Waals surface area contributed by atoms with Crippen LogP contribution in [0, 0.1) is 18.3 Å². The topological polar surface area (TPSA) is 33.0 Å². The highest BCUT2D eigenvalue weighted by Gasteiger charge is 2.01. The zero-order valence-corrected chi connectivity index (χ0v) is 10.9. The molecule has 0 aromatic heterocycles. The number of ether oxygens (including phenoxy) is 1. The van der Waals surface area contributed by atoms with Gasteiger partial charge in [0.25, 0.3) is 0 Å². The molecule has 0 amide bonds. The van der Waals surface area contributed by atoms with Gasteiger partial charge in [-0.3, -0.25) is 0 Å². The largest absolute Gasteiger partial charge is 0.457 e. The van der Waals surface area contributed by atoms with Crippen LogP contribution >= 0.6 is 15.9 Å². The van der Waals surface area contributed by atoms with Gasteiger partial charge in [0.1, 0.15) is 11.5 Å². The van der Waals surface area contributed by atoms with E-state index >= 15 is 0 Å². The summed E-state index contributed by atoms with van der Waals surface area (Å²) in [6.07, 6.45) is 0. The second-order valence-corrected chi connectivity index (χ2v) is 4.62. The Hall–Kier alpha value is -1.79. The highest BCUT2D eigenvalue weighted by atomic mass is 79.9. The van der Waals surface area contributed by atoms with E-state index in [1.54, 1.807) is 12.1 Å². The Balaban J connectivity index is 2.27. The van der Waals surface area contributed by atoms with Crippen molar-refractivity contribution in [3.63, 3.8) is 0 Å².